The van der Waals surface area contributed by atoms with Crippen molar-refractivity contribution < 1.29 is 13.2 Å². The molecule has 0 saturated carbocycles. The number of halogens is 4. The molecular weight excluding hydrogens is 205 g/mol. The molecule has 0 aliphatic carbocycles. The molecule has 0 aromatic carbocycles. The topological polar surface area (TPSA) is 17.8 Å². The maximum atomic E-state index is 11.9. The van der Waals surface area contributed by atoms with Crippen molar-refractivity contribution in [3.63, 3.8) is 0 Å². The fourth-order valence-electron chi connectivity index (χ4n) is 0.855. The van der Waals surface area contributed by atoms with Crippen LogP contribution in [-0.4, -0.2) is 16.0 Å². The van der Waals surface area contributed by atoms with Crippen molar-refractivity contribution >= 4 is 11.6 Å². The van der Waals surface area contributed by atoms with Crippen LogP contribution in [0.4, 0.5) is 13.2 Å². The van der Waals surface area contributed by atoms with E-state index in [4.69, 9.17) is 11.6 Å². The van der Waals surface area contributed by atoms with Crippen LogP contribution in [0.2, 0.25) is 0 Å². The third-order valence-electron chi connectivity index (χ3n) is 1.45. The summed E-state index contributed by atoms with van der Waals surface area (Å²) in [6, 6.07) is 0. The lowest BCUT2D eigenvalue weighted by atomic mass is 10.3. The summed E-state index contributed by atoms with van der Waals surface area (Å²) in [6.45, 7) is 0.604. The van der Waals surface area contributed by atoms with E-state index in [1.54, 1.807) is 6.92 Å². The summed E-state index contributed by atoms with van der Waals surface area (Å²) in [5, 5.41) is 3.22. The highest BCUT2D eigenvalue weighted by Gasteiger charge is 2.28. The number of hydrogen-bond donors (Lipinski definition) is 0. The predicted molar refractivity (Wildman–Crippen MR) is 42.6 cm³/mol. The number of rotatable bonds is 2. The Bertz CT molecular complexity index is 280. The fraction of sp³-hybridized carbons (Fsp3) is 0.571. The third-order valence-corrected chi connectivity index (χ3v) is 1.71. The Morgan fingerprint density at radius 1 is 1.62 bits per heavy atom. The van der Waals surface area contributed by atoms with Crippen molar-refractivity contribution in [1.29, 1.82) is 0 Å². The molecule has 0 spiro atoms. The molecule has 0 amide bonds. The van der Waals surface area contributed by atoms with Gasteiger partial charge in [-0.25, -0.2) is 0 Å². The van der Waals surface area contributed by atoms with Crippen LogP contribution in [0.5, 0.6) is 0 Å². The quantitative estimate of drug-likeness (QED) is 0.690. The van der Waals surface area contributed by atoms with E-state index in [0.29, 0.717) is 5.56 Å². The summed E-state index contributed by atoms with van der Waals surface area (Å²) >= 11 is 5.65. The van der Waals surface area contributed by atoms with Crippen molar-refractivity contribution in [1.82, 2.24) is 9.78 Å². The average molecular weight is 213 g/mol. The molecule has 6 heteroatoms. The molecule has 0 aliphatic heterocycles. The van der Waals surface area contributed by atoms with Crippen LogP contribution in [0.25, 0.3) is 0 Å². The molecule has 0 fully saturated rings. The summed E-state index contributed by atoms with van der Waals surface area (Å²) in [6.07, 6.45) is -1.60. The van der Waals surface area contributed by atoms with Crippen LogP contribution >= 0.6 is 11.6 Å². The highest BCUT2D eigenvalue weighted by atomic mass is 35.5. The van der Waals surface area contributed by atoms with E-state index >= 15 is 0 Å². The summed E-state index contributed by atoms with van der Waals surface area (Å²) < 4.78 is 36.4. The summed E-state index contributed by atoms with van der Waals surface area (Å²) in [4.78, 5) is 0. The van der Waals surface area contributed by atoms with E-state index in [1.165, 1.54) is 12.4 Å². The minimum atomic E-state index is -4.24. The SMILES string of the molecule is CC(Cl)c1cnn(CC(F)(F)F)c1. The van der Waals surface area contributed by atoms with Crippen LogP contribution in [0.3, 0.4) is 0 Å². The van der Waals surface area contributed by atoms with E-state index in [0.717, 1.165) is 4.68 Å². The zero-order chi connectivity index (χ0) is 10.1. The summed E-state index contributed by atoms with van der Waals surface area (Å²) in [5.74, 6) is 0. The highest BCUT2D eigenvalue weighted by Crippen LogP contribution is 2.21. The smallest absolute Gasteiger partial charge is 0.263 e. The maximum absolute atomic E-state index is 11.9. The lowest BCUT2D eigenvalue weighted by Gasteiger charge is -2.05. The molecule has 0 aliphatic rings. The van der Waals surface area contributed by atoms with Crippen molar-refractivity contribution in [2.45, 2.75) is 25.0 Å². The second kappa shape index (κ2) is 3.57. The minimum absolute atomic E-state index is 0.318. The van der Waals surface area contributed by atoms with Gasteiger partial charge in [0.2, 0.25) is 0 Å². The molecule has 1 aromatic rings. The van der Waals surface area contributed by atoms with Crippen LogP contribution in [0.1, 0.15) is 17.9 Å². The second-order valence-corrected chi connectivity index (χ2v) is 3.36. The van der Waals surface area contributed by atoms with Gasteiger partial charge in [0.15, 0.2) is 0 Å². The lowest BCUT2D eigenvalue weighted by molar-refractivity contribution is -0.142. The first-order valence-corrected chi connectivity index (χ1v) is 4.05. The third kappa shape index (κ3) is 3.26. The van der Waals surface area contributed by atoms with Crippen LogP contribution in [-0.2, 0) is 6.54 Å². The van der Waals surface area contributed by atoms with Gasteiger partial charge in [-0.2, -0.15) is 18.3 Å². The van der Waals surface area contributed by atoms with Gasteiger partial charge in [0.25, 0.3) is 0 Å². The molecule has 2 nitrogen and oxygen atoms in total. The molecule has 1 atom stereocenters. The molecule has 13 heavy (non-hydrogen) atoms. The normalized spacial score (nSPS) is 14.5. The van der Waals surface area contributed by atoms with E-state index < -0.39 is 12.7 Å². The maximum Gasteiger partial charge on any atom is 0.408 e. The van der Waals surface area contributed by atoms with Gasteiger partial charge in [0.05, 0.1) is 11.6 Å². The fourth-order valence-corrected chi connectivity index (χ4v) is 0.968. The summed E-state index contributed by atoms with van der Waals surface area (Å²) in [5.41, 5.74) is 0.589. The largest absolute Gasteiger partial charge is 0.408 e. The van der Waals surface area contributed by atoms with Crippen LogP contribution in [0.15, 0.2) is 12.4 Å². The first-order valence-electron chi connectivity index (χ1n) is 3.61. The Balaban J connectivity index is 2.70. The first-order chi connectivity index (χ1) is 5.88. The molecular formula is C7H8ClF3N2. The Kier molecular flexibility index (Phi) is 2.85. The highest BCUT2D eigenvalue weighted by molar-refractivity contribution is 6.20. The Labute approximate surface area is 78.3 Å². The predicted octanol–water partition coefficient (Wildman–Crippen LogP) is 2.75. The van der Waals surface area contributed by atoms with Crippen molar-refractivity contribution in [3.05, 3.63) is 18.0 Å². The first kappa shape index (κ1) is 10.4. The van der Waals surface area contributed by atoms with Gasteiger partial charge < -0.3 is 0 Å². The van der Waals surface area contributed by atoms with Gasteiger partial charge in [-0.05, 0) is 6.92 Å². The molecule has 1 rings (SSSR count). The number of alkyl halides is 4. The van der Waals surface area contributed by atoms with E-state index in [9.17, 15) is 13.2 Å². The molecule has 0 radical (unpaired) electrons. The zero-order valence-electron chi connectivity index (χ0n) is 6.85. The minimum Gasteiger partial charge on any atom is -0.263 e. The standard InChI is InChI=1S/C7H8ClF3N2/c1-5(8)6-2-12-13(3-6)4-7(9,10)11/h2-3,5H,4H2,1H3. The Hall–Kier alpha value is -0.710. The van der Waals surface area contributed by atoms with Gasteiger partial charge >= 0.3 is 6.18 Å². The van der Waals surface area contributed by atoms with Crippen molar-refractivity contribution in [3.8, 4) is 0 Å². The monoisotopic (exact) mass is 212 g/mol. The van der Waals surface area contributed by atoms with E-state index in [2.05, 4.69) is 5.10 Å². The number of aromatic nitrogens is 2. The van der Waals surface area contributed by atoms with Gasteiger partial charge in [0, 0.05) is 11.8 Å². The van der Waals surface area contributed by atoms with Gasteiger partial charge in [-0.3, -0.25) is 4.68 Å². The molecule has 1 aromatic heterocycles. The molecule has 1 heterocycles. The van der Waals surface area contributed by atoms with E-state index in [1.807, 2.05) is 0 Å². The zero-order valence-corrected chi connectivity index (χ0v) is 7.60. The van der Waals surface area contributed by atoms with Gasteiger partial charge in [-0.1, -0.05) is 0 Å². The molecule has 0 saturated heterocycles. The molecule has 74 valence electrons. The van der Waals surface area contributed by atoms with Crippen LogP contribution < -0.4 is 0 Å². The molecule has 1 unspecified atom stereocenters. The average Bonchev–Trinajstić information content (AvgIpc) is 2.31. The number of hydrogen-bond acceptors (Lipinski definition) is 1. The summed E-state index contributed by atoms with van der Waals surface area (Å²) in [7, 11) is 0. The molecule has 0 N–H and O–H groups in total. The second-order valence-electron chi connectivity index (χ2n) is 2.70. The van der Waals surface area contributed by atoms with Crippen molar-refractivity contribution in [2.75, 3.05) is 0 Å². The Morgan fingerprint density at radius 3 is 2.62 bits per heavy atom. The van der Waals surface area contributed by atoms with Crippen LogP contribution in [0, 0.1) is 0 Å². The van der Waals surface area contributed by atoms with Crippen molar-refractivity contribution in [2.24, 2.45) is 0 Å². The van der Waals surface area contributed by atoms with Gasteiger partial charge in [0.1, 0.15) is 6.54 Å². The number of nitrogens with zero attached hydrogens (tertiary/aromatic N) is 2. The molecule has 0 bridgehead atoms. The Morgan fingerprint density at radius 2 is 2.23 bits per heavy atom. The van der Waals surface area contributed by atoms with Gasteiger partial charge in [-0.15, -0.1) is 11.6 Å². The van der Waals surface area contributed by atoms with E-state index in [-0.39, 0.29) is 5.38 Å². The lowest BCUT2D eigenvalue weighted by Crippen LogP contribution is -2.17.